The molecule has 3 aromatic carbocycles. The van der Waals surface area contributed by atoms with Crippen LogP contribution in [0.25, 0.3) is 22.7 Å². The Morgan fingerprint density at radius 3 is 2.43 bits per heavy atom. The normalized spacial score (nSPS) is 14.9. The Kier molecular flexibility index (Phi) is 8.96. The molecule has 0 saturated carbocycles. The van der Waals surface area contributed by atoms with Gasteiger partial charge in [-0.05, 0) is 53.6 Å². The van der Waals surface area contributed by atoms with Gasteiger partial charge in [-0.15, -0.1) is 11.3 Å². The molecular formula is C40H37N3O4S2. The molecule has 6 aromatic rings. The fourth-order valence-electron chi connectivity index (χ4n) is 6.19. The van der Waals surface area contributed by atoms with Crippen LogP contribution < -0.4 is 19.6 Å². The second-order valence-corrected chi connectivity index (χ2v) is 14.9. The van der Waals surface area contributed by atoms with E-state index < -0.39 is 12.0 Å². The van der Waals surface area contributed by atoms with Crippen molar-refractivity contribution in [3.63, 3.8) is 0 Å². The van der Waals surface area contributed by atoms with Crippen molar-refractivity contribution in [2.24, 2.45) is 4.99 Å². The lowest BCUT2D eigenvalue weighted by Gasteiger charge is -2.24. The van der Waals surface area contributed by atoms with E-state index in [1.165, 1.54) is 28.2 Å². The monoisotopic (exact) mass is 687 g/mol. The number of aromatic nitrogens is 2. The standard InChI is InChI=1S/C40H37N3O4S2/c1-5-46-38(45)34-35(26-12-7-6-8-13-26)41-39-43(36(34)32-16-11-23-48-32)37(44)33(49-39)24-27-25-42(31-15-10-9-14-30(27)31)21-22-47-29-19-17-28(18-20-29)40(2,3)4/h6-20,23-25,36H,5,21-22H2,1-4H3/b33-24+/t36-/m1/s1. The number of thiophene rings is 1. The fraction of sp³-hybridized carbons (Fsp3) is 0.225. The van der Waals surface area contributed by atoms with Crippen molar-refractivity contribution >= 4 is 51.3 Å². The predicted octanol–water partition coefficient (Wildman–Crippen LogP) is 7.33. The summed E-state index contributed by atoms with van der Waals surface area (Å²) in [6.07, 6.45) is 4.02. The molecule has 3 aromatic heterocycles. The highest BCUT2D eigenvalue weighted by atomic mass is 32.1. The molecule has 7 rings (SSSR count). The Morgan fingerprint density at radius 2 is 1.71 bits per heavy atom. The average molecular weight is 688 g/mol. The first kappa shape index (κ1) is 32.6. The van der Waals surface area contributed by atoms with E-state index in [4.69, 9.17) is 14.5 Å². The number of para-hydroxylation sites is 1. The van der Waals surface area contributed by atoms with E-state index in [1.807, 2.05) is 78.2 Å². The lowest BCUT2D eigenvalue weighted by atomic mass is 9.87. The highest BCUT2D eigenvalue weighted by molar-refractivity contribution is 7.10. The van der Waals surface area contributed by atoms with Crippen LogP contribution in [0.4, 0.5) is 0 Å². The molecule has 4 heterocycles. The molecule has 0 radical (unpaired) electrons. The van der Waals surface area contributed by atoms with Crippen molar-refractivity contribution in [3.05, 3.63) is 149 Å². The maximum Gasteiger partial charge on any atom is 0.338 e. The SMILES string of the molecule is CCOC(=O)C1=C(c2ccccc2)N=c2s/c(=C/c3cn(CCOc4ccc(C(C)(C)C)cc4)c4ccccc34)c(=O)n2[C@@H]1c1cccs1. The minimum atomic E-state index is -0.663. The molecule has 0 unspecified atom stereocenters. The van der Waals surface area contributed by atoms with Gasteiger partial charge < -0.3 is 14.0 Å². The smallest absolute Gasteiger partial charge is 0.338 e. The lowest BCUT2D eigenvalue weighted by molar-refractivity contribution is -0.138. The summed E-state index contributed by atoms with van der Waals surface area (Å²) in [6, 6.07) is 29.3. The van der Waals surface area contributed by atoms with Gasteiger partial charge in [0.1, 0.15) is 18.4 Å². The fourth-order valence-corrected chi connectivity index (χ4v) is 8.00. The number of esters is 1. The molecule has 0 amide bonds. The Hall–Kier alpha value is -4.99. The van der Waals surface area contributed by atoms with Gasteiger partial charge in [0.25, 0.3) is 5.56 Å². The topological polar surface area (TPSA) is 74.8 Å². The summed E-state index contributed by atoms with van der Waals surface area (Å²) < 4.78 is 16.1. The van der Waals surface area contributed by atoms with Crippen LogP contribution in [-0.2, 0) is 21.5 Å². The van der Waals surface area contributed by atoms with E-state index in [-0.39, 0.29) is 17.6 Å². The third kappa shape index (κ3) is 6.44. The summed E-state index contributed by atoms with van der Waals surface area (Å²) >= 11 is 2.83. The van der Waals surface area contributed by atoms with Crippen LogP contribution in [-0.4, -0.2) is 28.3 Å². The molecular weight excluding hydrogens is 651 g/mol. The highest BCUT2D eigenvalue weighted by Crippen LogP contribution is 2.37. The number of fused-ring (bicyclic) bond motifs is 2. The predicted molar refractivity (Wildman–Crippen MR) is 198 cm³/mol. The van der Waals surface area contributed by atoms with E-state index in [9.17, 15) is 9.59 Å². The van der Waals surface area contributed by atoms with Gasteiger partial charge in [0.15, 0.2) is 4.80 Å². The van der Waals surface area contributed by atoms with Crippen molar-refractivity contribution in [3.8, 4) is 5.75 Å². The van der Waals surface area contributed by atoms with Crippen LogP contribution in [0, 0.1) is 0 Å². The van der Waals surface area contributed by atoms with Crippen LogP contribution in [0.2, 0.25) is 0 Å². The second kappa shape index (κ2) is 13.5. The zero-order valence-corrected chi connectivity index (χ0v) is 29.5. The van der Waals surface area contributed by atoms with E-state index >= 15 is 0 Å². The summed E-state index contributed by atoms with van der Waals surface area (Å²) in [5.41, 5.74) is 4.81. The summed E-state index contributed by atoms with van der Waals surface area (Å²) in [5, 5.41) is 2.99. The van der Waals surface area contributed by atoms with E-state index in [0.717, 1.165) is 32.7 Å². The molecule has 1 atom stereocenters. The van der Waals surface area contributed by atoms with Crippen molar-refractivity contribution in [1.82, 2.24) is 9.13 Å². The molecule has 0 spiro atoms. The molecule has 1 aliphatic heterocycles. The van der Waals surface area contributed by atoms with Crippen LogP contribution in [0.1, 0.15) is 55.3 Å². The summed E-state index contributed by atoms with van der Waals surface area (Å²) in [6.45, 7) is 9.72. The Labute approximate surface area is 292 Å². The Morgan fingerprint density at radius 1 is 0.959 bits per heavy atom. The lowest BCUT2D eigenvalue weighted by Crippen LogP contribution is -2.39. The molecule has 9 heteroatoms. The van der Waals surface area contributed by atoms with Gasteiger partial charge in [-0.2, -0.15) is 0 Å². The van der Waals surface area contributed by atoms with Gasteiger partial charge in [-0.1, -0.05) is 98.8 Å². The van der Waals surface area contributed by atoms with Crippen LogP contribution in [0.3, 0.4) is 0 Å². The molecule has 0 fully saturated rings. The number of hydrogen-bond acceptors (Lipinski definition) is 7. The van der Waals surface area contributed by atoms with Crippen LogP contribution >= 0.6 is 22.7 Å². The quantitative estimate of drug-likeness (QED) is 0.149. The first-order valence-corrected chi connectivity index (χ1v) is 18.1. The third-order valence-electron chi connectivity index (χ3n) is 8.61. The number of thiazole rings is 1. The van der Waals surface area contributed by atoms with Crippen LogP contribution in [0.5, 0.6) is 5.75 Å². The number of hydrogen-bond donors (Lipinski definition) is 0. The van der Waals surface area contributed by atoms with Crippen molar-refractivity contribution in [2.75, 3.05) is 13.2 Å². The van der Waals surface area contributed by atoms with E-state index in [0.29, 0.717) is 33.8 Å². The number of rotatable bonds is 9. The molecule has 0 N–H and O–H groups in total. The molecule has 1 aliphatic rings. The Bertz CT molecular complexity index is 2340. The molecule has 7 nitrogen and oxygen atoms in total. The molecule has 0 bridgehead atoms. The average Bonchev–Trinajstić information content (AvgIpc) is 3.83. The molecule has 0 saturated heterocycles. The molecule has 49 heavy (non-hydrogen) atoms. The number of carbonyl (C=O) groups excluding carboxylic acids is 1. The number of ether oxygens (including phenoxy) is 2. The van der Waals surface area contributed by atoms with E-state index in [1.54, 1.807) is 11.5 Å². The van der Waals surface area contributed by atoms with E-state index in [2.05, 4.69) is 55.8 Å². The largest absolute Gasteiger partial charge is 0.492 e. The van der Waals surface area contributed by atoms with Crippen molar-refractivity contribution in [2.45, 2.75) is 45.7 Å². The molecule has 248 valence electrons. The maximum atomic E-state index is 14.3. The minimum Gasteiger partial charge on any atom is -0.492 e. The van der Waals surface area contributed by atoms with Crippen LogP contribution in [0.15, 0.2) is 118 Å². The number of carbonyl (C=O) groups is 1. The van der Waals surface area contributed by atoms with Crippen molar-refractivity contribution in [1.29, 1.82) is 0 Å². The summed E-state index contributed by atoms with van der Waals surface area (Å²) in [7, 11) is 0. The van der Waals surface area contributed by atoms with Gasteiger partial charge >= 0.3 is 5.97 Å². The maximum absolute atomic E-state index is 14.3. The highest BCUT2D eigenvalue weighted by Gasteiger charge is 2.35. The number of nitrogens with zero attached hydrogens (tertiary/aromatic N) is 3. The zero-order valence-electron chi connectivity index (χ0n) is 27.9. The first-order chi connectivity index (χ1) is 23.7. The second-order valence-electron chi connectivity index (χ2n) is 12.9. The Balaban J connectivity index is 1.28. The van der Waals surface area contributed by atoms with Gasteiger partial charge in [0, 0.05) is 33.1 Å². The van der Waals surface area contributed by atoms with Gasteiger partial charge in [-0.3, -0.25) is 9.36 Å². The summed E-state index contributed by atoms with van der Waals surface area (Å²) in [5.74, 6) is 0.358. The third-order valence-corrected chi connectivity index (χ3v) is 10.5. The van der Waals surface area contributed by atoms with Crippen molar-refractivity contribution < 1.29 is 14.3 Å². The first-order valence-electron chi connectivity index (χ1n) is 16.4. The number of benzene rings is 3. The van der Waals surface area contributed by atoms with Gasteiger partial charge in [-0.25, -0.2) is 9.79 Å². The minimum absolute atomic E-state index is 0.0859. The summed E-state index contributed by atoms with van der Waals surface area (Å²) in [4.78, 5) is 34.3. The van der Waals surface area contributed by atoms with Gasteiger partial charge in [0.2, 0.25) is 0 Å². The molecule has 0 aliphatic carbocycles. The van der Waals surface area contributed by atoms with Gasteiger partial charge in [0.05, 0.1) is 29.0 Å². The zero-order chi connectivity index (χ0) is 34.1.